The number of fused-ring (bicyclic) bond motifs is 1. The maximum absolute atomic E-state index is 12.5. The normalized spacial score (nSPS) is 15.2. The van der Waals surface area contributed by atoms with Crippen molar-refractivity contribution in [3.63, 3.8) is 0 Å². The predicted molar refractivity (Wildman–Crippen MR) is 93.1 cm³/mol. The highest BCUT2D eigenvalue weighted by Crippen LogP contribution is 2.29. The molecular weight excluding hydrogens is 330 g/mol. The molecule has 1 atom stereocenters. The van der Waals surface area contributed by atoms with E-state index >= 15 is 0 Å². The maximum Gasteiger partial charge on any atom is 0.417 e. The van der Waals surface area contributed by atoms with Gasteiger partial charge in [-0.05, 0) is 49.5 Å². The number of rotatable bonds is 7. The van der Waals surface area contributed by atoms with Crippen LogP contribution in [0.1, 0.15) is 19.3 Å². The molecule has 1 aliphatic carbocycles. The molecule has 0 radical (unpaired) electrons. The second kappa shape index (κ2) is 7.12. The topological polar surface area (TPSA) is 104 Å². The fourth-order valence-electron chi connectivity index (χ4n) is 2.40. The van der Waals surface area contributed by atoms with Crippen LogP contribution in [0.25, 0.3) is 11.1 Å². The lowest BCUT2D eigenvalue weighted by Gasteiger charge is -2.18. The molecule has 2 aromatic rings. The number of anilines is 1. The summed E-state index contributed by atoms with van der Waals surface area (Å²) in [7, 11) is 0. The monoisotopic (exact) mass is 349 g/mol. The van der Waals surface area contributed by atoms with Gasteiger partial charge in [0.2, 0.25) is 11.8 Å². The number of benzene rings is 1. The van der Waals surface area contributed by atoms with Gasteiger partial charge in [0.25, 0.3) is 0 Å². The molecule has 8 heteroatoms. The highest BCUT2D eigenvalue weighted by molar-refractivity contribution is 7.98. The molecule has 1 aliphatic rings. The van der Waals surface area contributed by atoms with Crippen molar-refractivity contribution in [2.75, 3.05) is 17.3 Å². The van der Waals surface area contributed by atoms with E-state index < -0.39 is 11.8 Å². The summed E-state index contributed by atoms with van der Waals surface area (Å²) in [5, 5.41) is 5.62. The smallest absolute Gasteiger partial charge is 0.408 e. The Bertz CT molecular complexity index is 809. The number of carbonyl (C=O) groups excluding carboxylic acids is 2. The van der Waals surface area contributed by atoms with Gasteiger partial charge < -0.3 is 15.1 Å². The van der Waals surface area contributed by atoms with E-state index in [1.165, 1.54) is 0 Å². The first-order valence-corrected chi connectivity index (χ1v) is 9.19. The Morgan fingerprint density at radius 1 is 1.42 bits per heavy atom. The number of nitrogens with one attached hydrogen (secondary N) is 3. The third-order valence-electron chi connectivity index (χ3n) is 3.88. The average Bonchev–Trinajstić information content (AvgIpc) is 3.33. The van der Waals surface area contributed by atoms with E-state index in [1.54, 1.807) is 30.0 Å². The van der Waals surface area contributed by atoms with Gasteiger partial charge in [0, 0.05) is 11.6 Å². The van der Waals surface area contributed by atoms with Crippen molar-refractivity contribution in [2.45, 2.75) is 25.3 Å². The molecule has 3 N–H and O–H groups in total. The molecule has 0 spiro atoms. The first-order chi connectivity index (χ1) is 11.6. The molecule has 1 saturated carbocycles. The highest BCUT2D eigenvalue weighted by atomic mass is 32.2. The summed E-state index contributed by atoms with van der Waals surface area (Å²) in [5.41, 5.74) is 1.49. The first-order valence-electron chi connectivity index (χ1n) is 7.80. The average molecular weight is 349 g/mol. The zero-order valence-electron chi connectivity index (χ0n) is 13.3. The van der Waals surface area contributed by atoms with Gasteiger partial charge >= 0.3 is 5.76 Å². The number of oxazole rings is 1. The van der Waals surface area contributed by atoms with Gasteiger partial charge in [-0.1, -0.05) is 0 Å². The molecule has 0 aliphatic heterocycles. The van der Waals surface area contributed by atoms with Crippen molar-refractivity contribution >= 4 is 40.4 Å². The zero-order valence-corrected chi connectivity index (χ0v) is 14.1. The van der Waals surface area contributed by atoms with Crippen LogP contribution >= 0.6 is 11.8 Å². The van der Waals surface area contributed by atoms with Gasteiger partial charge in [0.05, 0.1) is 5.52 Å². The van der Waals surface area contributed by atoms with Crippen molar-refractivity contribution in [3.8, 4) is 0 Å². The summed E-state index contributed by atoms with van der Waals surface area (Å²) in [6.45, 7) is 0. The number of aromatic nitrogens is 1. The summed E-state index contributed by atoms with van der Waals surface area (Å²) in [4.78, 5) is 38.2. The number of H-pyrrole nitrogens is 1. The molecule has 128 valence electrons. The lowest BCUT2D eigenvalue weighted by Crippen LogP contribution is -2.44. The van der Waals surface area contributed by atoms with Crippen LogP contribution in [0, 0.1) is 5.92 Å². The summed E-state index contributed by atoms with van der Waals surface area (Å²) in [5.74, 6) is -0.0176. The van der Waals surface area contributed by atoms with E-state index in [-0.39, 0.29) is 17.7 Å². The molecule has 1 fully saturated rings. The summed E-state index contributed by atoms with van der Waals surface area (Å²) in [6.07, 6.45) is 4.32. The van der Waals surface area contributed by atoms with Gasteiger partial charge in [0.1, 0.15) is 6.04 Å². The molecule has 1 heterocycles. The summed E-state index contributed by atoms with van der Waals surface area (Å²) in [6, 6.07) is 4.34. The van der Waals surface area contributed by atoms with E-state index in [0.29, 0.717) is 23.2 Å². The minimum absolute atomic E-state index is 0.0501. The number of carbonyl (C=O) groups is 2. The third kappa shape index (κ3) is 4.00. The van der Waals surface area contributed by atoms with Crippen molar-refractivity contribution in [2.24, 2.45) is 5.92 Å². The number of amides is 2. The fourth-order valence-corrected chi connectivity index (χ4v) is 2.87. The van der Waals surface area contributed by atoms with Crippen molar-refractivity contribution in [1.82, 2.24) is 10.3 Å². The zero-order chi connectivity index (χ0) is 17.1. The summed E-state index contributed by atoms with van der Waals surface area (Å²) < 4.78 is 4.93. The molecule has 1 aromatic carbocycles. The summed E-state index contributed by atoms with van der Waals surface area (Å²) >= 11 is 1.63. The molecule has 7 nitrogen and oxygen atoms in total. The second-order valence-corrected chi connectivity index (χ2v) is 6.82. The van der Waals surface area contributed by atoms with E-state index in [0.717, 1.165) is 18.6 Å². The Kier molecular flexibility index (Phi) is 4.94. The molecule has 24 heavy (non-hydrogen) atoms. The standard InChI is InChI=1S/C16H19N3O4S/c1-24-7-6-11(18-14(20)9-2-3-9)15(21)17-10-4-5-13-12(8-10)19-16(22)23-13/h4-5,8-9,11H,2-3,6-7H2,1H3,(H,17,21)(H,18,20)(H,19,22). The fraction of sp³-hybridized carbons (Fsp3) is 0.438. The van der Waals surface area contributed by atoms with Crippen LogP contribution in [0.5, 0.6) is 0 Å². The number of thioether (sulfide) groups is 1. The number of hydrogen-bond donors (Lipinski definition) is 3. The predicted octanol–water partition coefficient (Wildman–Crippen LogP) is 1.71. The molecule has 0 bridgehead atoms. The highest BCUT2D eigenvalue weighted by Gasteiger charge is 2.32. The molecule has 2 amide bonds. The van der Waals surface area contributed by atoms with Gasteiger partial charge in [0.15, 0.2) is 5.58 Å². The van der Waals surface area contributed by atoms with Crippen LogP contribution < -0.4 is 16.4 Å². The molecule has 0 saturated heterocycles. The third-order valence-corrected chi connectivity index (χ3v) is 4.52. The van der Waals surface area contributed by atoms with Gasteiger partial charge in [-0.2, -0.15) is 11.8 Å². The van der Waals surface area contributed by atoms with Crippen molar-refractivity contribution < 1.29 is 14.0 Å². The molecule has 1 unspecified atom stereocenters. The Hall–Kier alpha value is -2.22. The molecular formula is C16H19N3O4S. The maximum atomic E-state index is 12.5. The van der Waals surface area contributed by atoms with Crippen LogP contribution in [0.4, 0.5) is 5.69 Å². The first kappa shape index (κ1) is 16.6. The minimum Gasteiger partial charge on any atom is -0.408 e. The van der Waals surface area contributed by atoms with Crippen LogP contribution in [-0.4, -0.2) is 34.8 Å². The lowest BCUT2D eigenvalue weighted by atomic mass is 10.2. The van der Waals surface area contributed by atoms with Crippen LogP contribution in [0.3, 0.4) is 0 Å². The lowest BCUT2D eigenvalue weighted by molar-refractivity contribution is -0.127. The van der Waals surface area contributed by atoms with Crippen LogP contribution in [0.2, 0.25) is 0 Å². The van der Waals surface area contributed by atoms with Crippen LogP contribution in [0.15, 0.2) is 27.4 Å². The largest absolute Gasteiger partial charge is 0.417 e. The Labute approximate surface area is 142 Å². The van der Waals surface area contributed by atoms with Gasteiger partial charge in [-0.25, -0.2) is 4.79 Å². The molecule has 1 aromatic heterocycles. The minimum atomic E-state index is -0.565. The van der Waals surface area contributed by atoms with Crippen molar-refractivity contribution in [3.05, 3.63) is 28.7 Å². The van der Waals surface area contributed by atoms with Crippen molar-refractivity contribution in [1.29, 1.82) is 0 Å². The van der Waals surface area contributed by atoms with E-state index in [9.17, 15) is 14.4 Å². The van der Waals surface area contributed by atoms with Gasteiger partial charge in [-0.3, -0.25) is 14.6 Å². The van der Waals surface area contributed by atoms with E-state index in [2.05, 4.69) is 15.6 Å². The van der Waals surface area contributed by atoms with E-state index in [1.807, 2.05) is 6.26 Å². The Morgan fingerprint density at radius 3 is 2.92 bits per heavy atom. The number of hydrogen-bond acceptors (Lipinski definition) is 5. The second-order valence-electron chi connectivity index (χ2n) is 5.83. The van der Waals surface area contributed by atoms with Crippen LogP contribution in [-0.2, 0) is 9.59 Å². The SMILES string of the molecule is CSCCC(NC(=O)C1CC1)C(=O)Nc1ccc2oc(=O)[nH]c2c1. The Morgan fingerprint density at radius 2 is 2.21 bits per heavy atom. The quantitative estimate of drug-likeness (QED) is 0.706. The number of aromatic amines is 1. The van der Waals surface area contributed by atoms with Gasteiger partial charge in [-0.15, -0.1) is 0 Å². The molecule has 3 rings (SSSR count). The Balaban J connectivity index is 1.69. The van der Waals surface area contributed by atoms with E-state index in [4.69, 9.17) is 4.42 Å².